The van der Waals surface area contributed by atoms with E-state index in [1.807, 2.05) is 6.07 Å². The van der Waals surface area contributed by atoms with Gasteiger partial charge in [0.25, 0.3) is 5.91 Å². The number of carbonyl (C=O) groups is 1. The topological polar surface area (TPSA) is 96.7 Å². The third-order valence-corrected chi connectivity index (χ3v) is 5.41. The third-order valence-electron chi connectivity index (χ3n) is 4.89. The maximum atomic E-state index is 14.3. The van der Waals surface area contributed by atoms with Crippen LogP contribution in [0.2, 0.25) is 10.0 Å². The zero-order valence-electron chi connectivity index (χ0n) is 16.3. The molecule has 0 aliphatic carbocycles. The van der Waals surface area contributed by atoms with Crippen LogP contribution in [0.1, 0.15) is 27.6 Å². The summed E-state index contributed by atoms with van der Waals surface area (Å²) in [6, 6.07) is 6.61. The largest absolute Gasteiger partial charge is 0.435 e. The summed E-state index contributed by atoms with van der Waals surface area (Å²) in [5, 5.41) is 5.08. The lowest BCUT2D eigenvalue weighted by molar-refractivity contribution is 0.0921. The van der Waals surface area contributed by atoms with Gasteiger partial charge in [-0.05, 0) is 35.4 Å². The summed E-state index contributed by atoms with van der Waals surface area (Å²) in [5.74, 6) is -0.553. The van der Waals surface area contributed by atoms with Gasteiger partial charge in [-0.3, -0.25) is 9.78 Å². The number of pyridine rings is 2. The predicted molar refractivity (Wildman–Crippen MR) is 118 cm³/mol. The Hall–Kier alpha value is -3.49. The lowest BCUT2D eigenvalue weighted by Crippen LogP contribution is -2.22. The van der Waals surface area contributed by atoms with E-state index in [1.54, 1.807) is 24.5 Å². The lowest BCUT2D eigenvalue weighted by Gasteiger charge is -2.04. The fourth-order valence-corrected chi connectivity index (χ4v) is 3.76. The van der Waals surface area contributed by atoms with Gasteiger partial charge in [-0.25, -0.2) is 14.4 Å². The summed E-state index contributed by atoms with van der Waals surface area (Å²) in [4.78, 5) is 27.8. The van der Waals surface area contributed by atoms with Gasteiger partial charge in [-0.15, -0.1) is 0 Å². The Balaban J connectivity index is 1.28. The van der Waals surface area contributed by atoms with E-state index in [0.717, 1.165) is 10.9 Å². The van der Waals surface area contributed by atoms with E-state index in [1.165, 1.54) is 18.5 Å². The van der Waals surface area contributed by atoms with Crippen molar-refractivity contribution in [1.29, 1.82) is 0 Å². The predicted octanol–water partition coefficient (Wildman–Crippen LogP) is 5.07. The van der Waals surface area contributed by atoms with Gasteiger partial charge in [-0.2, -0.15) is 0 Å². The van der Waals surface area contributed by atoms with Crippen molar-refractivity contribution in [3.05, 3.63) is 87.7 Å². The summed E-state index contributed by atoms with van der Waals surface area (Å²) in [6.07, 6.45) is 6.25. The molecule has 4 heterocycles. The molecule has 0 saturated carbocycles. The summed E-state index contributed by atoms with van der Waals surface area (Å²) in [6.45, 7) is 0.239. The van der Waals surface area contributed by atoms with Crippen molar-refractivity contribution >= 4 is 51.0 Å². The molecule has 4 aromatic heterocycles. The molecule has 0 saturated heterocycles. The number of H-pyrrole nitrogens is 1. The Morgan fingerprint density at radius 1 is 1.06 bits per heavy atom. The van der Waals surface area contributed by atoms with Gasteiger partial charge < -0.3 is 14.7 Å². The van der Waals surface area contributed by atoms with Gasteiger partial charge >= 0.3 is 0 Å². The number of halogens is 3. The van der Waals surface area contributed by atoms with Crippen LogP contribution in [0.3, 0.4) is 0 Å². The van der Waals surface area contributed by atoms with E-state index in [9.17, 15) is 9.18 Å². The number of oxazole rings is 1. The lowest BCUT2D eigenvalue weighted by atomic mass is 10.1. The zero-order chi connectivity index (χ0) is 22.2. The first-order valence-electron chi connectivity index (χ1n) is 9.54. The molecule has 1 amide bonds. The average molecular weight is 470 g/mol. The highest BCUT2D eigenvalue weighted by molar-refractivity contribution is 6.35. The Morgan fingerprint density at radius 3 is 2.81 bits per heavy atom. The van der Waals surface area contributed by atoms with Crippen molar-refractivity contribution in [3.63, 3.8) is 0 Å². The van der Waals surface area contributed by atoms with Gasteiger partial charge in [0.15, 0.2) is 5.89 Å². The number of aromatic amines is 1. The molecule has 160 valence electrons. The van der Waals surface area contributed by atoms with Crippen LogP contribution in [0.25, 0.3) is 21.9 Å². The first-order valence-corrected chi connectivity index (χ1v) is 10.3. The number of carbonyl (C=O) groups excluding carboxylic acids is 1. The number of hydrogen-bond donors (Lipinski definition) is 2. The highest BCUT2D eigenvalue weighted by Gasteiger charge is 2.14. The van der Waals surface area contributed by atoms with Crippen LogP contribution in [0, 0.1) is 5.82 Å². The molecule has 0 radical (unpaired) electrons. The Bertz CT molecular complexity index is 1480. The van der Waals surface area contributed by atoms with E-state index < -0.39 is 11.7 Å². The number of rotatable bonds is 5. The number of aromatic nitrogens is 4. The van der Waals surface area contributed by atoms with E-state index in [4.69, 9.17) is 27.6 Å². The summed E-state index contributed by atoms with van der Waals surface area (Å²) < 4.78 is 19.9. The van der Waals surface area contributed by atoms with E-state index >= 15 is 0 Å². The second-order valence-corrected chi connectivity index (χ2v) is 8.00. The minimum Gasteiger partial charge on any atom is -0.435 e. The van der Waals surface area contributed by atoms with Gasteiger partial charge in [-0.1, -0.05) is 23.2 Å². The van der Waals surface area contributed by atoms with E-state index in [-0.39, 0.29) is 30.1 Å². The van der Waals surface area contributed by atoms with Crippen molar-refractivity contribution in [2.75, 3.05) is 0 Å². The molecular formula is C22H14Cl2FN5O2. The number of nitrogens with zero attached hydrogens (tertiary/aromatic N) is 3. The van der Waals surface area contributed by atoms with Crippen LogP contribution in [0.15, 0.2) is 53.5 Å². The second kappa shape index (κ2) is 8.22. The Labute approximate surface area is 190 Å². The van der Waals surface area contributed by atoms with Crippen LogP contribution < -0.4 is 5.32 Å². The monoisotopic (exact) mass is 469 g/mol. The fraction of sp³-hybridized carbons (Fsp3) is 0.0909. The number of nitrogens with one attached hydrogen (secondary N) is 2. The summed E-state index contributed by atoms with van der Waals surface area (Å²) in [5.41, 5.74) is 2.31. The van der Waals surface area contributed by atoms with Gasteiger partial charge in [0.2, 0.25) is 5.76 Å². The molecule has 0 atom stereocenters. The molecular weight excluding hydrogens is 456 g/mol. The molecule has 0 spiro atoms. The quantitative estimate of drug-likeness (QED) is 0.374. The molecule has 7 nitrogen and oxygen atoms in total. The molecule has 0 unspecified atom stereocenters. The molecule has 10 heteroatoms. The van der Waals surface area contributed by atoms with E-state index in [2.05, 4.69) is 25.3 Å². The van der Waals surface area contributed by atoms with Crippen molar-refractivity contribution in [2.24, 2.45) is 0 Å². The minimum absolute atomic E-state index is 0.0553. The van der Waals surface area contributed by atoms with Crippen molar-refractivity contribution in [2.45, 2.75) is 13.0 Å². The molecule has 1 aromatic carbocycles. The average Bonchev–Trinajstić information content (AvgIpc) is 3.38. The van der Waals surface area contributed by atoms with Crippen molar-refractivity contribution < 1.29 is 13.6 Å². The van der Waals surface area contributed by atoms with Gasteiger partial charge in [0, 0.05) is 42.3 Å². The number of hydrogen-bond acceptors (Lipinski definition) is 5. The van der Waals surface area contributed by atoms with Crippen molar-refractivity contribution in [1.82, 2.24) is 25.3 Å². The maximum absolute atomic E-state index is 14.3. The summed E-state index contributed by atoms with van der Waals surface area (Å²) in [7, 11) is 0. The Morgan fingerprint density at radius 2 is 1.94 bits per heavy atom. The standard InChI is InChI=1S/C22H14Cl2FN5O2/c23-14-5-13-1-11(3-17(25)20(13)27-8-14)4-19-26-10-18(32-19)22(31)30-7-12-2-15-16(24)9-29-21(15)28-6-12/h1-3,5-6,8-10H,4,7H2,(H,28,29)(H,30,31). The van der Waals surface area contributed by atoms with Crippen LogP contribution in [-0.4, -0.2) is 25.8 Å². The third kappa shape index (κ3) is 4.02. The highest BCUT2D eigenvalue weighted by Crippen LogP contribution is 2.24. The first-order chi connectivity index (χ1) is 15.5. The normalized spacial score (nSPS) is 11.3. The second-order valence-electron chi connectivity index (χ2n) is 7.16. The first kappa shape index (κ1) is 20.4. The van der Waals surface area contributed by atoms with Crippen LogP contribution >= 0.6 is 23.2 Å². The van der Waals surface area contributed by atoms with Crippen LogP contribution in [0.4, 0.5) is 4.39 Å². The van der Waals surface area contributed by atoms with Gasteiger partial charge in [0.05, 0.1) is 16.2 Å². The van der Waals surface area contributed by atoms with Crippen LogP contribution in [-0.2, 0) is 13.0 Å². The molecule has 5 rings (SSSR count). The molecule has 0 aliphatic heterocycles. The molecule has 32 heavy (non-hydrogen) atoms. The fourth-order valence-electron chi connectivity index (χ4n) is 3.39. The molecule has 0 bridgehead atoms. The smallest absolute Gasteiger partial charge is 0.288 e. The molecule has 0 aliphatic rings. The SMILES string of the molecule is O=C(NCc1cnc2[nH]cc(Cl)c2c1)c1cnc(Cc2cc(F)c3ncc(Cl)cc3c2)o1. The molecule has 5 aromatic rings. The highest BCUT2D eigenvalue weighted by atomic mass is 35.5. The van der Waals surface area contributed by atoms with Crippen LogP contribution in [0.5, 0.6) is 0 Å². The molecule has 2 N–H and O–H groups in total. The minimum atomic E-state index is -0.466. The van der Waals surface area contributed by atoms with Crippen molar-refractivity contribution in [3.8, 4) is 0 Å². The molecule has 0 fully saturated rings. The van der Waals surface area contributed by atoms with E-state index in [0.29, 0.717) is 26.6 Å². The maximum Gasteiger partial charge on any atom is 0.288 e. The Kier molecular flexibility index (Phi) is 5.24. The number of fused-ring (bicyclic) bond motifs is 2. The number of benzene rings is 1. The summed E-state index contributed by atoms with van der Waals surface area (Å²) >= 11 is 12.1. The number of amides is 1. The zero-order valence-corrected chi connectivity index (χ0v) is 17.8. The van der Waals surface area contributed by atoms with Gasteiger partial charge in [0.1, 0.15) is 17.0 Å².